The van der Waals surface area contributed by atoms with E-state index in [1.54, 1.807) is 48.2 Å². The number of fused-ring (bicyclic) bond motifs is 1. The van der Waals surface area contributed by atoms with Gasteiger partial charge in [-0.3, -0.25) is 14.3 Å². The van der Waals surface area contributed by atoms with Crippen LogP contribution in [0.1, 0.15) is 32.3 Å². The fraction of sp³-hybridized carbons (Fsp3) is 0.300. The van der Waals surface area contributed by atoms with Crippen molar-refractivity contribution >= 4 is 38.9 Å². The topological polar surface area (TPSA) is 95.6 Å². The molecule has 7 nitrogen and oxygen atoms in total. The van der Waals surface area contributed by atoms with Gasteiger partial charge in [-0.2, -0.15) is 0 Å². The van der Waals surface area contributed by atoms with Gasteiger partial charge in [-0.15, -0.1) is 0 Å². The number of benzene rings is 2. The third kappa shape index (κ3) is 4.33. The van der Waals surface area contributed by atoms with Crippen molar-refractivity contribution in [2.75, 3.05) is 21.5 Å². The van der Waals surface area contributed by atoms with Crippen molar-refractivity contribution in [1.82, 2.24) is 0 Å². The lowest BCUT2D eigenvalue weighted by Crippen LogP contribution is -2.33. The molecule has 8 heteroatoms. The van der Waals surface area contributed by atoms with Gasteiger partial charge in [0.25, 0.3) is 10.0 Å². The zero-order chi connectivity index (χ0) is 20.3. The van der Waals surface area contributed by atoms with Gasteiger partial charge in [-0.25, -0.2) is 8.42 Å². The summed E-state index contributed by atoms with van der Waals surface area (Å²) in [5, 5.41) is 2.70. The molecule has 0 bridgehead atoms. The number of amides is 2. The van der Waals surface area contributed by atoms with E-state index in [9.17, 15) is 18.0 Å². The van der Waals surface area contributed by atoms with Crippen molar-refractivity contribution in [1.29, 1.82) is 0 Å². The Kier molecular flexibility index (Phi) is 5.69. The summed E-state index contributed by atoms with van der Waals surface area (Å²) < 4.78 is 28.2. The quantitative estimate of drug-likeness (QED) is 0.805. The van der Waals surface area contributed by atoms with E-state index in [2.05, 4.69) is 10.0 Å². The first-order valence-electron chi connectivity index (χ1n) is 9.14. The van der Waals surface area contributed by atoms with Crippen LogP contribution in [0.5, 0.6) is 0 Å². The minimum absolute atomic E-state index is 0.0550. The van der Waals surface area contributed by atoms with Crippen molar-refractivity contribution < 1.29 is 18.0 Å². The highest BCUT2D eigenvalue weighted by Crippen LogP contribution is 2.30. The number of sulfonamides is 1. The normalized spacial score (nSPS) is 13.6. The van der Waals surface area contributed by atoms with E-state index in [1.807, 2.05) is 0 Å². The van der Waals surface area contributed by atoms with Crippen LogP contribution in [-0.4, -0.2) is 26.8 Å². The van der Waals surface area contributed by atoms with Gasteiger partial charge in [-0.05, 0) is 54.8 Å². The molecule has 3 rings (SSSR count). The molecule has 1 heterocycles. The van der Waals surface area contributed by atoms with Crippen LogP contribution in [0.15, 0.2) is 47.4 Å². The summed E-state index contributed by atoms with van der Waals surface area (Å²) in [4.78, 5) is 25.1. The SMILES string of the molecule is CCC(=O)Nc1cccc(NS(=O)(=O)c2ccc3c(c2)CCCN3C(C)=O)c1. The largest absolute Gasteiger partial charge is 0.326 e. The molecule has 2 aromatic rings. The number of aryl methyl sites for hydroxylation is 1. The number of hydrogen-bond acceptors (Lipinski definition) is 4. The van der Waals surface area contributed by atoms with Crippen molar-refractivity contribution in [2.24, 2.45) is 0 Å². The molecular formula is C20H23N3O4S. The van der Waals surface area contributed by atoms with Crippen molar-refractivity contribution in [3.05, 3.63) is 48.0 Å². The third-order valence-corrected chi connectivity index (χ3v) is 5.96. The maximum atomic E-state index is 12.8. The standard InChI is InChI=1S/C20H23N3O4S/c1-3-20(25)21-16-7-4-8-17(13-16)22-28(26,27)18-9-10-19-15(12-18)6-5-11-23(19)14(2)24/h4,7-10,12-13,22H,3,5-6,11H2,1-2H3,(H,21,25). The fourth-order valence-electron chi connectivity index (χ4n) is 3.19. The Bertz CT molecular complexity index is 1020. The highest BCUT2D eigenvalue weighted by molar-refractivity contribution is 7.92. The van der Waals surface area contributed by atoms with E-state index in [4.69, 9.17) is 0 Å². The van der Waals surface area contributed by atoms with Crippen LogP contribution in [0.4, 0.5) is 17.1 Å². The average molecular weight is 401 g/mol. The van der Waals surface area contributed by atoms with E-state index in [-0.39, 0.29) is 16.7 Å². The summed E-state index contributed by atoms with van der Waals surface area (Å²) in [5.41, 5.74) is 2.49. The second kappa shape index (κ2) is 8.02. The van der Waals surface area contributed by atoms with Crippen LogP contribution in [0.3, 0.4) is 0 Å². The summed E-state index contributed by atoms with van der Waals surface area (Å²) in [7, 11) is -3.80. The monoisotopic (exact) mass is 401 g/mol. The van der Waals surface area contributed by atoms with Crippen LogP contribution >= 0.6 is 0 Å². The predicted molar refractivity (Wildman–Crippen MR) is 109 cm³/mol. The number of carbonyl (C=O) groups is 2. The first-order valence-corrected chi connectivity index (χ1v) is 10.6. The second-order valence-corrected chi connectivity index (χ2v) is 8.34. The Hall–Kier alpha value is -2.87. The molecule has 148 valence electrons. The number of hydrogen-bond donors (Lipinski definition) is 2. The zero-order valence-electron chi connectivity index (χ0n) is 15.9. The Labute approximate surface area is 164 Å². The van der Waals surface area contributed by atoms with Gasteiger partial charge >= 0.3 is 0 Å². The molecule has 2 amide bonds. The van der Waals surface area contributed by atoms with Gasteiger partial charge in [0.1, 0.15) is 0 Å². The number of carbonyl (C=O) groups excluding carboxylic acids is 2. The van der Waals surface area contributed by atoms with Crippen molar-refractivity contribution in [3.63, 3.8) is 0 Å². The molecule has 0 saturated carbocycles. The molecule has 2 N–H and O–H groups in total. The first kappa shape index (κ1) is 19.9. The van der Waals surface area contributed by atoms with E-state index in [0.29, 0.717) is 24.3 Å². The minimum Gasteiger partial charge on any atom is -0.326 e. The van der Waals surface area contributed by atoms with Crippen molar-refractivity contribution in [3.8, 4) is 0 Å². The number of nitrogens with zero attached hydrogens (tertiary/aromatic N) is 1. The predicted octanol–water partition coefficient (Wildman–Crippen LogP) is 3.14. The van der Waals surface area contributed by atoms with E-state index < -0.39 is 10.0 Å². The lowest BCUT2D eigenvalue weighted by atomic mass is 10.0. The van der Waals surface area contributed by atoms with Crippen LogP contribution in [0, 0.1) is 0 Å². The number of rotatable bonds is 5. The maximum Gasteiger partial charge on any atom is 0.261 e. The Morgan fingerprint density at radius 2 is 1.86 bits per heavy atom. The summed E-state index contributed by atoms with van der Waals surface area (Å²) in [5.74, 6) is -0.203. The maximum absolute atomic E-state index is 12.8. The Morgan fingerprint density at radius 1 is 1.11 bits per heavy atom. The molecule has 0 unspecified atom stereocenters. The van der Waals surface area contributed by atoms with Crippen LogP contribution in [0.2, 0.25) is 0 Å². The highest BCUT2D eigenvalue weighted by Gasteiger charge is 2.23. The molecule has 1 aliphatic rings. The fourth-order valence-corrected chi connectivity index (χ4v) is 4.29. The smallest absolute Gasteiger partial charge is 0.261 e. The average Bonchev–Trinajstić information content (AvgIpc) is 2.66. The molecule has 0 aromatic heterocycles. The van der Waals surface area contributed by atoms with Crippen LogP contribution in [0.25, 0.3) is 0 Å². The summed E-state index contributed by atoms with van der Waals surface area (Å²) >= 11 is 0. The van der Waals surface area contributed by atoms with E-state index in [1.165, 1.54) is 13.0 Å². The summed E-state index contributed by atoms with van der Waals surface area (Å²) in [6.45, 7) is 3.89. The molecular weight excluding hydrogens is 378 g/mol. The van der Waals surface area contributed by atoms with Gasteiger partial charge in [0.2, 0.25) is 11.8 Å². The lowest BCUT2D eigenvalue weighted by Gasteiger charge is -2.28. The molecule has 0 saturated heterocycles. The van der Waals surface area contributed by atoms with Crippen LogP contribution in [-0.2, 0) is 26.0 Å². The van der Waals surface area contributed by atoms with Gasteiger partial charge < -0.3 is 10.2 Å². The molecule has 0 spiro atoms. The van der Waals surface area contributed by atoms with Crippen LogP contribution < -0.4 is 14.9 Å². The first-order chi connectivity index (χ1) is 13.3. The summed E-state index contributed by atoms with van der Waals surface area (Å²) in [6.07, 6.45) is 1.85. The minimum atomic E-state index is -3.80. The van der Waals surface area contributed by atoms with Crippen molar-refractivity contribution in [2.45, 2.75) is 38.0 Å². The second-order valence-electron chi connectivity index (χ2n) is 6.65. The number of anilines is 3. The summed E-state index contributed by atoms with van der Waals surface area (Å²) in [6, 6.07) is 11.4. The molecule has 2 aromatic carbocycles. The van der Waals surface area contributed by atoms with Gasteiger partial charge in [0.05, 0.1) is 10.6 Å². The van der Waals surface area contributed by atoms with Gasteiger partial charge in [-0.1, -0.05) is 13.0 Å². The Morgan fingerprint density at radius 3 is 2.57 bits per heavy atom. The van der Waals surface area contributed by atoms with Gasteiger partial charge in [0.15, 0.2) is 0 Å². The van der Waals surface area contributed by atoms with E-state index >= 15 is 0 Å². The molecule has 1 aliphatic heterocycles. The zero-order valence-corrected chi connectivity index (χ0v) is 16.7. The molecule has 0 atom stereocenters. The highest BCUT2D eigenvalue weighted by atomic mass is 32.2. The molecule has 0 radical (unpaired) electrons. The molecule has 0 fully saturated rings. The van der Waals surface area contributed by atoms with Gasteiger partial charge in [0, 0.05) is 31.3 Å². The Balaban J connectivity index is 1.85. The molecule has 28 heavy (non-hydrogen) atoms. The molecule has 0 aliphatic carbocycles. The third-order valence-electron chi connectivity index (χ3n) is 4.58. The van der Waals surface area contributed by atoms with E-state index in [0.717, 1.165) is 24.1 Å². The lowest BCUT2D eigenvalue weighted by molar-refractivity contribution is -0.117. The number of nitrogens with one attached hydrogen (secondary N) is 2.